The maximum Gasteiger partial charge on any atom is 0.0613 e. The molecule has 0 aromatic carbocycles. The lowest BCUT2D eigenvalue weighted by molar-refractivity contribution is 0.0312. The minimum absolute atomic E-state index is 0.113. The molecule has 0 saturated heterocycles. The first-order valence-electron chi connectivity index (χ1n) is 5.15. The van der Waals surface area contributed by atoms with Crippen molar-refractivity contribution in [2.75, 3.05) is 13.2 Å². The van der Waals surface area contributed by atoms with E-state index in [0.29, 0.717) is 6.61 Å². The zero-order valence-electron chi connectivity index (χ0n) is 7.84. The highest BCUT2D eigenvalue weighted by Gasteiger charge is 2.48. The van der Waals surface area contributed by atoms with E-state index in [2.05, 4.69) is 12.2 Å². The fourth-order valence-corrected chi connectivity index (χ4v) is 2.55. The molecule has 0 unspecified atom stereocenters. The van der Waals surface area contributed by atoms with Gasteiger partial charge in [0, 0.05) is 5.54 Å². The van der Waals surface area contributed by atoms with E-state index in [1.165, 1.54) is 25.7 Å². The van der Waals surface area contributed by atoms with Gasteiger partial charge in [0.05, 0.1) is 6.61 Å². The average molecular weight is 169 g/mol. The summed E-state index contributed by atoms with van der Waals surface area (Å²) in [7, 11) is 0. The van der Waals surface area contributed by atoms with E-state index in [1.807, 2.05) is 0 Å². The van der Waals surface area contributed by atoms with Crippen LogP contribution in [0.2, 0.25) is 0 Å². The van der Waals surface area contributed by atoms with Crippen LogP contribution >= 0.6 is 0 Å². The van der Waals surface area contributed by atoms with Crippen LogP contribution in [0.1, 0.15) is 32.6 Å². The van der Waals surface area contributed by atoms with Gasteiger partial charge in [0.25, 0.3) is 0 Å². The molecule has 2 rings (SSSR count). The first-order valence-corrected chi connectivity index (χ1v) is 5.15. The van der Waals surface area contributed by atoms with Crippen LogP contribution in [0.4, 0.5) is 0 Å². The Hall–Kier alpha value is -0.0800. The van der Waals surface area contributed by atoms with Gasteiger partial charge < -0.3 is 10.4 Å². The highest BCUT2D eigenvalue weighted by atomic mass is 16.3. The lowest BCUT2D eigenvalue weighted by atomic mass is 9.66. The topological polar surface area (TPSA) is 32.3 Å². The third-order valence-electron chi connectivity index (χ3n) is 3.45. The van der Waals surface area contributed by atoms with Gasteiger partial charge >= 0.3 is 0 Å². The van der Waals surface area contributed by atoms with E-state index < -0.39 is 0 Å². The maximum atomic E-state index is 9.23. The molecule has 2 heteroatoms. The molecule has 0 radical (unpaired) electrons. The van der Waals surface area contributed by atoms with E-state index >= 15 is 0 Å². The Morgan fingerprint density at radius 2 is 2.00 bits per heavy atom. The molecule has 2 saturated carbocycles. The third kappa shape index (κ3) is 1.38. The first-order chi connectivity index (χ1) is 5.79. The van der Waals surface area contributed by atoms with Crippen molar-refractivity contribution >= 4 is 0 Å². The lowest BCUT2D eigenvalue weighted by Gasteiger charge is -2.47. The van der Waals surface area contributed by atoms with Gasteiger partial charge in [0.1, 0.15) is 0 Å². The van der Waals surface area contributed by atoms with Gasteiger partial charge in [-0.15, -0.1) is 0 Å². The predicted octanol–water partition coefficient (Wildman–Crippen LogP) is 1.15. The molecular weight excluding hydrogens is 150 g/mol. The Kier molecular flexibility index (Phi) is 2.13. The van der Waals surface area contributed by atoms with Crippen molar-refractivity contribution in [3.8, 4) is 0 Å². The highest BCUT2D eigenvalue weighted by molar-refractivity contribution is 5.04. The van der Waals surface area contributed by atoms with Crippen LogP contribution in [0.3, 0.4) is 0 Å². The monoisotopic (exact) mass is 169 g/mol. The number of hydrogen-bond acceptors (Lipinski definition) is 2. The van der Waals surface area contributed by atoms with Crippen molar-refractivity contribution in [3.63, 3.8) is 0 Å². The van der Waals surface area contributed by atoms with Crippen LogP contribution in [0, 0.1) is 11.8 Å². The van der Waals surface area contributed by atoms with Crippen LogP contribution in [-0.2, 0) is 0 Å². The van der Waals surface area contributed by atoms with Crippen molar-refractivity contribution < 1.29 is 5.11 Å². The standard InChI is InChI=1S/C10H19NO/c1-2-11-10(7-12)5-9(6-10)8-3-4-8/h8-9,11-12H,2-7H2,1H3. The fraction of sp³-hybridized carbons (Fsp3) is 1.00. The number of rotatable bonds is 4. The van der Waals surface area contributed by atoms with Crippen molar-refractivity contribution in [2.45, 2.75) is 38.1 Å². The van der Waals surface area contributed by atoms with E-state index in [-0.39, 0.29) is 5.54 Å². The Balaban J connectivity index is 1.80. The van der Waals surface area contributed by atoms with Gasteiger partial charge in [-0.05, 0) is 44.1 Å². The third-order valence-corrected chi connectivity index (χ3v) is 3.45. The molecule has 12 heavy (non-hydrogen) atoms. The summed E-state index contributed by atoms with van der Waals surface area (Å²) < 4.78 is 0. The van der Waals surface area contributed by atoms with Gasteiger partial charge in [-0.2, -0.15) is 0 Å². The molecule has 0 amide bonds. The van der Waals surface area contributed by atoms with Gasteiger partial charge in [0.2, 0.25) is 0 Å². The van der Waals surface area contributed by atoms with Gasteiger partial charge in [-0.25, -0.2) is 0 Å². The van der Waals surface area contributed by atoms with Crippen LogP contribution in [-0.4, -0.2) is 23.8 Å². The summed E-state index contributed by atoms with van der Waals surface area (Å²) >= 11 is 0. The van der Waals surface area contributed by atoms with Gasteiger partial charge in [-0.1, -0.05) is 6.92 Å². The number of nitrogens with one attached hydrogen (secondary N) is 1. The van der Waals surface area contributed by atoms with Crippen molar-refractivity contribution in [1.29, 1.82) is 0 Å². The Morgan fingerprint density at radius 1 is 1.33 bits per heavy atom. The molecule has 0 heterocycles. The van der Waals surface area contributed by atoms with Crippen molar-refractivity contribution in [2.24, 2.45) is 11.8 Å². The second-order valence-corrected chi connectivity index (χ2v) is 4.47. The minimum atomic E-state index is 0.113. The summed E-state index contributed by atoms with van der Waals surface area (Å²) in [5.41, 5.74) is 0.113. The Morgan fingerprint density at radius 3 is 2.42 bits per heavy atom. The van der Waals surface area contributed by atoms with Crippen molar-refractivity contribution in [3.05, 3.63) is 0 Å². The lowest BCUT2D eigenvalue weighted by Crippen LogP contribution is -2.58. The summed E-state index contributed by atoms with van der Waals surface area (Å²) in [5.74, 6) is 1.94. The molecule has 2 fully saturated rings. The summed E-state index contributed by atoms with van der Waals surface area (Å²) in [6, 6.07) is 0. The molecular formula is C10H19NO. The molecule has 0 aromatic heterocycles. The molecule has 0 spiro atoms. The van der Waals surface area contributed by atoms with E-state index in [0.717, 1.165) is 18.4 Å². The van der Waals surface area contributed by atoms with Crippen LogP contribution in [0.25, 0.3) is 0 Å². The first kappa shape index (κ1) is 8.52. The molecule has 0 atom stereocenters. The SMILES string of the molecule is CCNC1(CO)CC(C2CC2)C1. The zero-order chi connectivity index (χ0) is 8.60. The van der Waals surface area contributed by atoms with Crippen LogP contribution < -0.4 is 5.32 Å². The highest BCUT2D eigenvalue weighted by Crippen LogP contribution is 2.51. The number of likely N-dealkylation sites (N-methyl/N-ethyl adjacent to an activating group) is 1. The Labute approximate surface area is 74.4 Å². The van der Waals surface area contributed by atoms with Gasteiger partial charge in [0.15, 0.2) is 0 Å². The Bertz CT molecular complexity index is 159. The smallest absolute Gasteiger partial charge is 0.0613 e. The quantitative estimate of drug-likeness (QED) is 0.661. The number of aliphatic hydroxyl groups is 1. The summed E-state index contributed by atoms with van der Waals surface area (Å²) in [5, 5.41) is 12.6. The zero-order valence-corrected chi connectivity index (χ0v) is 7.84. The molecule has 70 valence electrons. The van der Waals surface area contributed by atoms with Crippen molar-refractivity contribution in [1.82, 2.24) is 5.32 Å². The second kappa shape index (κ2) is 3.00. The fourth-order valence-electron chi connectivity index (χ4n) is 2.55. The molecule has 2 nitrogen and oxygen atoms in total. The van der Waals surface area contributed by atoms with Crippen LogP contribution in [0.15, 0.2) is 0 Å². The normalized spacial score (nSPS) is 41.0. The molecule has 2 aliphatic carbocycles. The maximum absolute atomic E-state index is 9.23. The van der Waals surface area contributed by atoms with E-state index in [4.69, 9.17) is 0 Å². The summed E-state index contributed by atoms with van der Waals surface area (Å²) in [4.78, 5) is 0. The van der Waals surface area contributed by atoms with E-state index in [1.54, 1.807) is 0 Å². The molecule has 0 bridgehead atoms. The number of hydrogen-bond donors (Lipinski definition) is 2. The predicted molar refractivity (Wildman–Crippen MR) is 48.9 cm³/mol. The molecule has 2 aliphatic rings. The minimum Gasteiger partial charge on any atom is -0.394 e. The molecule has 0 aliphatic heterocycles. The largest absolute Gasteiger partial charge is 0.394 e. The van der Waals surface area contributed by atoms with Crippen LogP contribution in [0.5, 0.6) is 0 Å². The van der Waals surface area contributed by atoms with E-state index in [9.17, 15) is 5.11 Å². The summed E-state index contributed by atoms with van der Waals surface area (Å²) in [6.45, 7) is 3.42. The average Bonchev–Trinajstić information content (AvgIpc) is 2.78. The van der Waals surface area contributed by atoms with Gasteiger partial charge in [-0.3, -0.25) is 0 Å². The number of aliphatic hydroxyl groups excluding tert-OH is 1. The molecule has 2 N–H and O–H groups in total. The molecule has 0 aromatic rings. The second-order valence-electron chi connectivity index (χ2n) is 4.47. The summed E-state index contributed by atoms with van der Waals surface area (Å²) in [6.07, 6.45) is 5.31.